The van der Waals surface area contributed by atoms with Crippen molar-refractivity contribution in [2.24, 2.45) is 0 Å². The fourth-order valence-corrected chi connectivity index (χ4v) is 1.90. The van der Waals surface area contributed by atoms with Gasteiger partial charge in [-0.1, -0.05) is 17.7 Å². The molecule has 90 valence electrons. The van der Waals surface area contributed by atoms with Crippen molar-refractivity contribution in [3.63, 3.8) is 0 Å². The van der Waals surface area contributed by atoms with Crippen molar-refractivity contribution in [3.05, 3.63) is 34.6 Å². The smallest absolute Gasteiger partial charge is 0.142 e. The van der Waals surface area contributed by atoms with Crippen LogP contribution in [-0.2, 0) is 6.54 Å². The molecule has 2 unspecified atom stereocenters. The van der Waals surface area contributed by atoms with Crippen LogP contribution in [0.1, 0.15) is 25.8 Å². The van der Waals surface area contributed by atoms with E-state index < -0.39 is 0 Å². The van der Waals surface area contributed by atoms with Crippen molar-refractivity contribution in [2.45, 2.75) is 38.2 Å². The second-order valence-electron chi connectivity index (χ2n) is 4.05. The molecule has 1 aromatic rings. The SMILES string of the molecule is CC(Cl)CC(C)NCc1ccc(Cl)c(F)c1. The van der Waals surface area contributed by atoms with Crippen LogP contribution in [0.15, 0.2) is 18.2 Å². The van der Waals surface area contributed by atoms with E-state index in [1.165, 1.54) is 6.07 Å². The first-order chi connectivity index (χ1) is 7.49. The van der Waals surface area contributed by atoms with Crippen LogP contribution in [0.3, 0.4) is 0 Å². The summed E-state index contributed by atoms with van der Waals surface area (Å²) in [6, 6.07) is 5.15. The first kappa shape index (κ1) is 13.8. The second-order valence-corrected chi connectivity index (χ2v) is 5.20. The Bertz CT molecular complexity index is 342. The van der Waals surface area contributed by atoms with Crippen molar-refractivity contribution in [1.82, 2.24) is 5.32 Å². The molecular weight excluding hydrogens is 248 g/mol. The molecule has 0 aliphatic rings. The molecule has 1 rings (SSSR count). The highest BCUT2D eigenvalue weighted by Gasteiger charge is 2.06. The number of rotatable bonds is 5. The van der Waals surface area contributed by atoms with Gasteiger partial charge < -0.3 is 5.32 Å². The zero-order valence-electron chi connectivity index (χ0n) is 9.43. The van der Waals surface area contributed by atoms with E-state index in [0.29, 0.717) is 12.6 Å². The molecule has 0 amide bonds. The largest absolute Gasteiger partial charge is 0.310 e. The van der Waals surface area contributed by atoms with Gasteiger partial charge in [-0.05, 0) is 38.0 Å². The zero-order chi connectivity index (χ0) is 12.1. The summed E-state index contributed by atoms with van der Waals surface area (Å²) in [6.07, 6.45) is 0.887. The lowest BCUT2D eigenvalue weighted by atomic mass is 10.1. The van der Waals surface area contributed by atoms with Crippen molar-refractivity contribution < 1.29 is 4.39 Å². The Hall–Kier alpha value is -0.310. The van der Waals surface area contributed by atoms with Gasteiger partial charge in [-0.25, -0.2) is 4.39 Å². The van der Waals surface area contributed by atoms with E-state index in [-0.39, 0.29) is 16.2 Å². The predicted octanol–water partition coefficient (Wildman–Crippen LogP) is 3.97. The van der Waals surface area contributed by atoms with E-state index in [2.05, 4.69) is 12.2 Å². The van der Waals surface area contributed by atoms with Gasteiger partial charge in [0.05, 0.1) is 5.02 Å². The van der Waals surface area contributed by atoms with Crippen molar-refractivity contribution in [1.29, 1.82) is 0 Å². The zero-order valence-corrected chi connectivity index (χ0v) is 10.9. The van der Waals surface area contributed by atoms with E-state index >= 15 is 0 Å². The molecule has 0 saturated carbocycles. The molecule has 4 heteroatoms. The molecule has 0 aliphatic heterocycles. The lowest BCUT2D eigenvalue weighted by Crippen LogP contribution is -2.27. The van der Waals surface area contributed by atoms with Crippen LogP contribution in [0, 0.1) is 5.82 Å². The number of hydrogen-bond acceptors (Lipinski definition) is 1. The Morgan fingerprint density at radius 1 is 1.38 bits per heavy atom. The van der Waals surface area contributed by atoms with Gasteiger partial charge in [-0.15, -0.1) is 11.6 Å². The molecule has 1 aromatic carbocycles. The fraction of sp³-hybridized carbons (Fsp3) is 0.500. The normalized spacial score (nSPS) is 14.8. The van der Waals surface area contributed by atoms with E-state index in [9.17, 15) is 4.39 Å². The third-order valence-corrected chi connectivity index (χ3v) is 2.80. The highest BCUT2D eigenvalue weighted by Crippen LogP contribution is 2.15. The maximum Gasteiger partial charge on any atom is 0.142 e. The summed E-state index contributed by atoms with van der Waals surface area (Å²) in [5.41, 5.74) is 0.885. The van der Waals surface area contributed by atoms with Gasteiger partial charge in [0.15, 0.2) is 0 Å². The monoisotopic (exact) mass is 263 g/mol. The standard InChI is InChI=1S/C12H16Cl2FN/c1-8(13)5-9(2)16-7-10-3-4-11(14)12(15)6-10/h3-4,6,8-9,16H,5,7H2,1-2H3. The second kappa shape index (κ2) is 6.43. The maximum atomic E-state index is 13.1. The van der Waals surface area contributed by atoms with Crippen LogP contribution < -0.4 is 5.32 Å². The molecule has 0 aliphatic carbocycles. The fourth-order valence-electron chi connectivity index (χ4n) is 1.51. The lowest BCUT2D eigenvalue weighted by Gasteiger charge is -2.15. The maximum absolute atomic E-state index is 13.1. The molecular formula is C12H16Cl2FN. The van der Waals surface area contributed by atoms with Crippen molar-refractivity contribution in [2.75, 3.05) is 0 Å². The number of hydrogen-bond donors (Lipinski definition) is 1. The summed E-state index contributed by atoms with van der Waals surface area (Å²) >= 11 is 11.5. The van der Waals surface area contributed by atoms with E-state index in [1.807, 2.05) is 13.0 Å². The van der Waals surface area contributed by atoms with Crippen LogP contribution in [0.4, 0.5) is 4.39 Å². The molecule has 16 heavy (non-hydrogen) atoms. The Balaban J connectivity index is 2.45. The van der Waals surface area contributed by atoms with E-state index in [4.69, 9.17) is 23.2 Å². The summed E-state index contributed by atoms with van der Waals surface area (Å²) in [6.45, 7) is 4.64. The lowest BCUT2D eigenvalue weighted by molar-refractivity contribution is 0.510. The first-order valence-corrected chi connectivity index (χ1v) is 6.12. The molecule has 0 fully saturated rings. The summed E-state index contributed by atoms with van der Waals surface area (Å²) in [5.74, 6) is -0.376. The molecule has 2 atom stereocenters. The molecule has 0 spiro atoms. The Morgan fingerprint density at radius 2 is 2.06 bits per heavy atom. The highest BCUT2D eigenvalue weighted by molar-refractivity contribution is 6.30. The molecule has 0 bridgehead atoms. The molecule has 0 radical (unpaired) electrons. The Kier molecular flexibility index (Phi) is 5.53. The van der Waals surface area contributed by atoms with Gasteiger partial charge in [-0.3, -0.25) is 0 Å². The molecule has 0 aromatic heterocycles. The third kappa shape index (κ3) is 4.69. The number of nitrogens with one attached hydrogen (secondary N) is 1. The molecule has 0 heterocycles. The van der Waals surface area contributed by atoms with Crippen LogP contribution in [0.2, 0.25) is 5.02 Å². The minimum Gasteiger partial charge on any atom is -0.310 e. The molecule has 1 N–H and O–H groups in total. The van der Waals surface area contributed by atoms with E-state index in [0.717, 1.165) is 12.0 Å². The number of halogens is 3. The van der Waals surface area contributed by atoms with Gasteiger partial charge in [0.1, 0.15) is 5.82 Å². The van der Waals surface area contributed by atoms with Gasteiger partial charge in [0.25, 0.3) is 0 Å². The van der Waals surface area contributed by atoms with Crippen molar-refractivity contribution in [3.8, 4) is 0 Å². The third-order valence-electron chi connectivity index (χ3n) is 2.32. The van der Waals surface area contributed by atoms with Gasteiger partial charge in [-0.2, -0.15) is 0 Å². The summed E-state index contributed by atoms with van der Waals surface area (Å²) in [5, 5.41) is 3.58. The van der Waals surface area contributed by atoms with Crippen LogP contribution in [0.25, 0.3) is 0 Å². The van der Waals surface area contributed by atoms with Crippen molar-refractivity contribution >= 4 is 23.2 Å². The number of alkyl halides is 1. The van der Waals surface area contributed by atoms with Crippen LogP contribution >= 0.6 is 23.2 Å². The average molecular weight is 264 g/mol. The van der Waals surface area contributed by atoms with E-state index in [1.54, 1.807) is 6.07 Å². The summed E-state index contributed by atoms with van der Waals surface area (Å²) in [4.78, 5) is 0. The molecule has 1 nitrogen and oxygen atoms in total. The minimum atomic E-state index is -0.376. The van der Waals surface area contributed by atoms with Crippen LogP contribution in [-0.4, -0.2) is 11.4 Å². The first-order valence-electron chi connectivity index (χ1n) is 5.30. The van der Waals surface area contributed by atoms with Gasteiger partial charge in [0.2, 0.25) is 0 Å². The predicted molar refractivity (Wildman–Crippen MR) is 67.6 cm³/mol. The summed E-state index contributed by atoms with van der Waals surface area (Å²) in [7, 11) is 0. The highest BCUT2D eigenvalue weighted by atomic mass is 35.5. The average Bonchev–Trinajstić information content (AvgIpc) is 2.19. The molecule has 0 saturated heterocycles. The van der Waals surface area contributed by atoms with Gasteiger partial charge in [0, 0.05) is 18.0 Å². The Labute approximate surface area is 106 Å². The minimum absolute atomic E-state index is 0.143. The van der Waals surface area contributed by atoms with Crippen LogP contribution in [0.5, 0.6) is 0 Å². The Morgan fingerprint density at radius 3 is 2.62 bits per heavy atom. The topological polar surface area (TPSA) is 12.0 Å². The van der Waals surface area contributed by atoms with Gasteiger partial charge >= 0.3 is 0 Å². The summed E-state index contributed by atoms with van der Waals surface area (Å²) < 4.78 is 13.1. The number of benzene rings is 1. The quantitative estimate of drug-likeness (QED) is 0.793.